The van der Waals surface area contributed by atoms with Crippen LogP contribution in [0.3, 0.4) is 0 Å². The maximum Gasteiger partial charge on any atom is 0.194 e. The van der Waals surface area contributed by atoms with Crippen LogP contribution >= 0.6 is 0 Å². The predicted molar refractivity (Wildman–Crippen MR) is 150 cm³/mol. The number of hydrogen-bond donors (Lipinski definition) is 0. The molecule has 0 aliphatic rings. The first kappa shape index (κ1) is 21.4. The Hall–Kier alpha value is -5.94. The number of para-hydroxylation sites is 2. The van der Waals surface area contributed by atoms with Crippen molar-refractivity contribution < 1.29 is 2.74 Å². The molecule has 0 saturated carbocycles. The van der Waals surface area contributed by atoms with Gasteiger partial charge in [0, 0.05) is 11.1 Å². The van der Waals surface area contributed by atoms with Crippen molar-refractivity contribution >= 4 is 11.4 Å². The second-order valence-electron chi connectivity index (χ2n) is 8.32. The fourth-order valence-corrected chi connectivity index (χ4v) is 4.47. The third kappa shape index (κ3) is 4.17. The second kappa shape index (κ2) is 10.4. The average Bonchev–Trinajstić information content (AvgIpc) is 3.01. The summed E-state index contributed by atoms with van der Waals surface area (Å²) in [6, 6.07) is 31.8. The molecule has 0 fully saturated rings. The third-order valence-corrected chi connectivity index (χ3v) is 6.22. The molecule has 0 aliphatic heterocycles. The molecule has 0 heterocycles. The van der Waals surface area contributed by atoms with Crippen LogP contribution in [0.25, 0.3) is 54.2 Å². The van der Waals surface area contributed by atoms with Gasteiger partial charge < -0.3 is 0 Å². The first-order valence-electron chi connectivity index (χ1n) is 12.7. The van der Waals surface area contributed by atoms with Gasteiger partial charge in [0.05, 0.1) is 39.2 Å². The number of nitriles is 2. The summed E-state index contributed by atoms with van der Waals surface area (Å²) < 4.78 is 19.3. The molecule has 174 valence electrons. The van der Waals surface area contributed by atoms with Crippen LogP contribution in [-0.2, 0) is 0 Å². The second-order valence-corrected chi connectivity index (χ2v) is 8.32. The molecule has 5 rings (SSSR count). The van der Waals surface area contributed by atoms with Crippen LogP contribution in [0.2, 0.25) is 0 Å². The molecule has 0 aromatic heterocycles. The van der Waals surface area contributed by atoms with Gasteiger partial charge in [-0.2, -0.15) is 10.5 Å². The Labute approximate surface area is 224 Å². The zero-order valence-corrected chi connectivity index (χ0v) is 20.0. The van der Waals surface area contributed by atoms with Crippen LogP contribution in [-0.4, -0.2) is 0 Å². The SMILES string of the molecule is [2H]c1c(-c2ccccc2C#N)c(-c2ccccc2C#N)c([2H])c(-c2ccccc2[N+]#[C-])c1-c1ccccc1[N+]#[C-]. The van der Waals surface area contributed by atoms with Gasteiger partial charge in [-0.3, -0.25) is 0 Å². The third-order valence-electron chi connectivity index (χ3n) is 6.22. The van der Waals surface area contributed by atoms with Crippen molar-refractivity contribution in [2.45, 2.75) is 0 Å². The van der Waals surface area contributed by atoms with Crippen molar-refractivity contribution in [1.82, 2.24) is 0 Å². The minimum atomic E-state index is -0.00711. The Morgan fingerprint density at radius 2 is 0.789 bits per heavy atom. The minimum absolute atomic E-state index is 0.00711. The van der Waals surface area contributed by atoms with E-state index in [2.05, 4.69) is 21.8 Å². The van der Waals surface area contributed by atoms with Crippen molar-refractivity contribution in [3.63, 3.8) is 0 Å². The van der Waals surface area contributed by atoms with E-state index in [0.717, 1.165) is 0 Å². The van der Waals surface area contributed by atoms with E-state index >= 15 is 0 Å². The first-order valence-corrected chi connectivity index (χ1v) is 11.7. The summed E-state index contributed by atoms with van der Waals surface area (Å²) in [5.41, 5.74) is 4.23. The largest absolute Gasteiger partial charge is 0.238 e. The molecule has 0 amide bonds. The lowest BCUT2D eigenvalue weighted by molar-refractivity contribution is 1.46. The molecule has 38 heavy (non-hydrogen) atoms. The molecule has 0 bridgehead atoms. The molecule has 4 nitrogen and oxygen atoms in total. The van der Waals surface area contributed by atoms with Crippen LogP contribution < -0.4 is 0 Å². The number of benzene rings is 5. The Morgan fingerprint density at radius 3 is 1.16 bits per heavy atom. The topological polar surface area (TPSA) is 56.3 Å². The molecule has 0 unspecified atom stereocenters. The summed E-state index contributed by atoms with van der Waals surface area (Å²) in [5, 5.41) is 20.0. The predicted octanol–water partition coefficient (Wildman–Crippen LogP) is 9.20. The summed E-state index contributed by atoms with van der Waals surface area (Å²) in [6.07, 6.45) is 0. The van der Waals surface area contributed by atoms with Crippen LogP contribution in [0.5, 0.6) is 0 Å². The van der Waals surface area contributed by atoms with E-state index in [1.54, 1.807) is 97.1 Å². The minimum Gasteiger partial charge on any atom is -0.238 e. The lowest BCUT2D eigenvalue weighted by Gasteiger charge is -2.20. The van der Waals surface area contributed by atoms with E-state index in [9.17, 15) is 13.3 Å². The van der Waals surface area contributed by atoms with E-state index in [0.29, 0.717) is 67.0 Å². The average molecular weight is 485 g/mol. The van der Waals surface area contributed by atoms with Crippen LogP contribution in [0.1, 0.15) is 13.9 Å². The van der Waals surface area contributed by atoms with Gasteiger partial charge in [0.25, 0.3) is 0 Å². The van der Waals surface area contributed by atoms with Crippen molar-refractivity contribution in [1.29, 1.82) is 10.5 Å². The summed E-state index contributed by atoms with van der Waals surface area (Å²) in [7, 11) is 0. The van der Waals surface area contributed by atoms with E-state index in [4.69, 9.17) is 13.1 Å². The van der Waals surface area contributed by atoms with E-state index in [-0.39, 0.29) is 12.1 Å². The molecule has 0 spiro atoms. The number of rotatable bonds is 4. The lowest BCUT2D eigenvalue weighted by Crippen LogP contribution is -1.95. The van der Waals surface area contributed by atoms with Crippen molar-refractivity contribution in [2.75, 3.05) is 0 Å². The molecule has 0 N–H and O–H groups in total. The molecule has 0 saturated heterocycles. The molecular weight excluding hydrogens is 464 g/mol. The maximum absolute atomic E-state index is 9.99. The summed E-state index contributed by atoms with van der Waals surface area (Å²) in [6.45, 7) is 15.6. The highest BCUT2D eigenvalue weighted by Crippen LogP contribution is 2.47. The highest BCUT2D eigenvalue weighted by Gasteiger charge is 2.21. The number of nitrogens with zero attached hydrogens (tertiary/aromatic N) is 4. The van der Waals surface area contributed by atoms with Gasteiger partial charge in [-0.15, -0.1) is 0 Å². The standard InChI is InChI=1S/C34H18N4/c1-37-33-17-9-7-15-27(33)31-19-29(25-13-5-3-11-23(25)21-35)30(26-14-6-4-12-24(26)22-36)20-32(31)28-16-8-10-18-34(28)38-2/h3-20H/i19D,20D. The molecule has 5 aromatic rings. The van der Waals surface area contributed by atoms with Crippen LogP contribution in [0.15, 0.2) is 109 Å². The molecule has 5 aromatic carbocycles. The Morgan fingerprint density at radius 1 is 0.474 bits per heavy atom. The fraction of sp³-hybridized carbons (Fsp3) is 0. The zero-order chi connectivity index (χ0) is 28.2. The zero-order valence-electron chi connectivity index (χ0n) is 22.0. The molecular formula is C34H18N4. The van der Waals surface area contributed by atoms with Gasteiger partial charge >= 0.3 is 0 Å². The monoisotopic (exact) mass is 484 g/mol. The van der Waals surface area contributed by atoms with Gasteiger partial charge in [-0.1, -0.05) is 84.9 Å². The number of hydrogen-bond acceptors (Lipinski definition) is 2. The smallest absolute Gasteiger partial charge is 0.194 e. The first-order chi connectivity index (χ1) is 19.5. The highest BCUT2D eigenvalue weighted by atomic mass is 14.7. The molecule has 4 heteroatoms. The van der Waals surface area contributed by atoms with E-state index < -0.39 is 0 Å². The van der Waals surface area contributed by atoms with Crippen LogP contribution in [0, 0.1) is 35.8 Å². The summed E-state index contributed by atoms with van der Waals surface area (Å²) in [4.78, 5) is 7.38. The van der Waals surface area contributed by atoms with Crippen molar-refractivity contribution in [3.8, 4) is 56.6 Å². The molecule has 0 atom stereocenters. The van der Waals surface area contributed by atoms with E-state index in [1.807, 2.05) is 0 Å². The van der Waals surface area contributed by atoms with Crippen LogP contribution in [0.4, 0.5) is 11.4 Å². The normalized spacial score (nSPS) is 10.7. The Bertz CT molecular complexity index is 1700. The quantitative estimate of drug-likeness (QED) is 0.239. The molecule has 0 aliphatic carbocycles. The van der Waals surface area contributed by atoms with E-state index in [1.165, 1.54) is 0 Å². The highest BCUT2D eigenvalue weighted by molar-refractivity contribution is 6.01. The van der Waals surface area contributed by atoms with Gasteiger partial charge in [0.2, 0.25) is 0 Å². The van der Waals surface area contributed by atoms with Gasteiger partial charge in [0.1, 0.15) is 0 Å². The van der Waals surface area contributed by atoms with Crippen molar-refractivity contribution in [3.05, 3.63) is 143 Å². The molecule has 0 radical (unpaired) electrons. The van der Waals surface area contributed by atoms with Crippen molar-refractivity contribution in [2.24, 2.45) is 0 Å². The van der Waals surface area contributed by atoms with Gasteiger partial charge in [-0.25, -0.2) is 9.69 Å². The lowest BCUT2D eigenvalue weighted by atomic mass is 9.83. The maximum atomic E-state index is 9.99. The summed E-state index contributed by atoms with van der Waals surface area (Å²) in [5.74, 6) is 0. The van der Waals surface area contributed by atoms with Gasteiger partial charge in [0.15, 0.2) is 11.4 Å². The van der Waals surface area contributed by atoms with Gasteiger partial charge in [-0.05, 0) is 57.6 Å². The fourth-order valence-electron chi connectivity index (χ4n) is 4.47. The summed E-state index contributed by atoms with van der Waals surface area (Å²) >= 11 is 0. The Balaban J connectivity index is 2.11. The Kier molecular flexibility index (Phi) is 5.82.